The van der Waals surface area contributed by atoms with Crippen molar-refractivity contribution in [2.45, 2.75) is 44.6 Å². The maximum Gasteiger partial charge on any atom is 0.163 e. The summed E-state index contributed by atoms with van der Waals surface area (Å²) in [6.45, 7) is 9.76. The Morgan fingerprint density at radius 2 is 2.35 bits per heavy atom. The van der Waals surface area contributed by atoms with E-state index in [2.05, 4.69) is 11.5 Å². The molecule has 17 heavy (non-hydrogen) atoms. The van der Waals surface area contributed by atoms with Crippen molar-refractivity contribution in [3.05, 3.63) is 12.7 Å². The largest absolute Gasteiger partial charge is 0.348 e. The highest BCUT2D eigenvalue weighted by Gasteiger charge is 2.41. The normalized spacial score (nSPS) is 33.9. The molecule has 2 atom stereocenters. The first kappa shape index (κ1) is 12.7. The predicted molar refractivity (Wildman–Crippen MR) is 64.7 cm³/mol. The Morgan fingerprint density at radius 1 is 1.59 bits per heavy atom. The maximum absolute atomic E-state index is 11.6. The molecule has 4 heteroatoms. The lowest BCUT2D eigenvalue weighted by atomic mass is 9.96. The van der Waals surface area contributed by atoms with Crippen LogP contribution in [0.4, 0.5) is 0 Å². The number of Topliss-reactive ketones (excluding diaryl/α,β-unsaturated/α-hetero) is 1. The van der Waals surface area contributed by atoms with Crippen LogP contribution in [-0.2, 0) is 14.3 Å². The number of likely N-dealkylation sites (tertiary alicyclic amines) is 1. The molecule has 4 nitrogen and oxygen atoms in total. The number of carbonyl (C=O) groups excluding carboxylic acids is 1. The van der Waals surface area contributed by atoms with E-state index in [1.807, 2.05) is 19.9 Å². The summed E-state index contributed by atoms with van der Waals surface area (Å²) in [6, 6.07) is 0.135. The van der Waals surface area contributed by atoms with E-state index in [9.17, 15) is 4.79 Å². The van der Waals surface area contributed by atoms with Gasteiger partial charge < -0.3 is 9.47 Å². The minimum Gasteiger partial charge on any atom is -0.348 e. The fraction of sp³-hybridized carbons (Fsp3) is 0.769. The monoisotopic (exact) mass is 239 g/mol. The fourth-order valence-electron chi connectivity index (χ4n) is 2.56. The lowest BCUT2D eigenvalue weighted by Crippen LogP contribution is -2.50. The Morgan fingerprint density at radius 3 is 2.94 bits per heavy atom. The number of hydrogen-bond donors (Lipinski definition) is 0. The smallest absolute Gasteiger partial charge is 0.163 e. The van der Waals surface area contributed by atoms with Crippen molar-refractivity contribution in [2.24, 2.45) is 0 Å². The standard InChI is InChI=1S/C13H21NO3/c1-4-6-14-7-5-10(15)8-11(14)12-9-16-13(2,3)17-12/h4,11-12H,1,5-9H2,2-3H3/t11-,12+/m0/s1. The zero-order chi connectivity index (χ0) is 12.5. The van der Waals surface area contributed by atoms with E-state index in [0.717, 1.165) is 13.1 Å². The Bertz CT molecular complexity index is 314. The van der Waals surface area contributed by atoms with Crippen molar-refractivity contribution in [1.29, 1.82) is 0 Å². The number of rotatable bonds is 3. The van der Waals surface area contributed by atoms with Crippen LogP contribution in [-0.4, -0.2) is 48.3 Å². The summed E-state index contributed by atoms with van der Waals surface area (Å²) in [7, 11) is 0. The zero-order valence-electron chi connectivity index (χ0n) is 10.6. The molecule has 0 aromatic carbocycles. The molecule has 0 saturated carbocycles. The van der Waals surface area contributed by atoms with Gasteiger partial charge in [0.05, 0.1) is 6.61 Å². The predicted octanol–water partition coefficient (Wildman–Crippen LogP) is 1.36. The van der Waals surface area contributed by atoms with Crippen LogP contribution in [0.2, 0.25) is 0 Å². The molecule has 0 bridgehead atoms. The topological polar surface area (TPSA) is 38.8 Å². The van der Waals surface area contributed by atoms with Crippen LogP contribution in [0.1, 0.15) is 26.7 Å². The number of carbonyl (C=O) groups is 1. The van der Waals surface area contributed by atoms with Crippen LogP contribution >= 0.6 is 0 Å². The van der Waals surface area contributed by atoms with Crippen molar-refractivity contribution >= 4 is 5.78 Å². The van der Waals surface area contributed by atoms with E-state index in [1.54, 1.807) is 0 Å². The lowest BCUT2D eigenvalue weighted by Gasteiger charge is -2.37. The molecule has 0 aromatic rings. The summed E-state index contributed by atoms with van der Waals surface area (Å²) in [4.78, 5) is 13.9. The van der Waals surface area contributed by atoms with Gasteiger partial charge in [0.2, 0.25) is 0 Å². The Balaban J connectivity index is 2.04. The minimum absolute atomic E-state index is 0.00537. The summed E-state index contributed by atoms with van der Waals surface area (Å²) >= 11 is 0. The second-order valence-electron chi connectivity index (χ2n) is 5.21. The van der Waals surface area contributed by atoms with Gasteiger partial charge in [0.25, 0.3) is 0 Å². The number of piperidine rings is 1. The van der Waals surface area contributed by atoms with Crippen molar-refractivity contribution < 1.29 is 14.3 Å². The molecular formula is C13H21NO3. The first-order valence-corrected chi connectivity index (χ1v) is 6.20. The highest BCUT2D eigenvalue weighted by atomic mass is 16.7. The molecule has 2 rings (SSSR count). The van der Waals surface area contributed by atoms with Crippen LogP contribution in [0.5, 0.6) is 0 Å². The molecular weight excluding hydrogens is 218 g/mol. The summed E-state index contributed by atoms with van der Waals surface area (Å²) < 4.78 is 11.4. The first-order valence-electron chi connectivity index (χ1n) is 6.20. The summed E-state index contributed by atoms with van der Waals surface area (Å²) in [5, 5.41) is 0. The number of nitrogens with zero attached hydrogens (tertiary/aromatic N) is 1. The molecule has 0 spiro atoms. The second-order valence-corrected chi connectivity index (χ2v) is 5.21. The Kier molecular flexibility index (Phi) is 3.66. The molecule has 0 aliphatic carbocycles. The van der Waals surface area contributed by atoms with E-state index < -0.39 is 5.79 Å². The first-order chi connectivity index (χ1) is 8.02. The second kappa shape index (κ2) is 4.88. The minimum atomic E-state index is -0.523. The van der Waals surface area contributed by atoms with Gasteiger partial charge in [0, 0.05) is 32.0 Å². The molecule has 2 fully saturated rings. The molecule has 0 aromatic heterocycles. The van der Waals surface area contributed by atoms with E-state index in [-0.39, 0.29) is 12.1 Å². The van der Waals surface area contributed by atoms with E-state index >= 15 is 0 Å². The van der Waals surface area contributed by atoms with Crippen LogP contribution in [0.15, 0.2) is 12.7 Å². The number of ketones is 1. The van der Waals surface area contributed by atoms with E-state index in [1.165, 1.54) is 0 Å². The zero-order valence-corrected chi connectivity index (χ0v) is 10.6. The van der Waals surface area contributed by atoms with Gasteiger partial charge in [-0.05, 0) is 13.8 Å². The molecule has 2 saturated heterocycles. The highest BCUT2D eigenvalue weighted by Crippen LogP contribution is 2.29. The van der Waals surface area contributed by atoms with Crippen molar-refractivity contribution in [3.8, 4) is 0 Å². The van der Waals surface area contributed by atoms with Gasteiger partial charge in [0.1, 0.15) is 11.9 Å². The van der Waals surface area contributed by atoms with Gasteiger partial charge in [0.15, 0.2) is 5.79 Å². The average Bonchev–Trinajstić information content (AvgIpc) is 2.62. The third-order valence-corrected chi connectivity index (χ3v) is 3.41. The quantitative estimate of drug-likeness (QED) is 0.697. The van der Waals surface area contributed by atoms with E-state index in [4.69, 9.17) is 9.47 Å². The molecule has 2 heterocycles. The van der Waals surface area contributed by atoms with Gasteiger partial charge in [-0.15, -0.1) is 6.58 Å². The van der Waals surface area contributed by atoms with Gasteiger partial charge >= 0.3 is 0 Å². The molecule has 0 unspecified atom stereocenters. The SMILES string of the molecule is C=CCN1CCC(=O)C[C@H]1[C@H]1COC(C)(C)O1. The van der Waals surface area contributed by atoms with Crippen LogP contribution in [0, 0.1) is 0 Å². The van der Waals surface area contributed by atoms with Gasteiger partial charge in [-0.25, -0.2) is 0 Å². The lowest BCUT2D eigenvalue weighted by molar-refractivity contribution is -0.150. The van der Waals surface area contributed by atoms with Gasteiger partial charge in [-0.1, -0.05) is 6.08 Å². The summed E-state index contributed by atoms with van der Waals surface area (Å²) in [5.74, 6) is -0.200. The van der Waals surface area contributed by atoms with Crippen molar-refractivity contribution in [1.82, 2.24) is 4.90 Å². The Hall–Kier alpha value is -0.710. The van der Waals surface area contributed by atoms with Crippen LogP contribution < -0.4 is 0 Å². The van der Waals surface area contributed by atoms with Gasteiger partial charge in [-0.2, -0.15) is 0 Å². The molecule has 0 amide bonds. The molecule has 2 aliphatic rings. The Labute approximate surface area is 103 Å². The van der Waals surface area contributed by atoms with Crippen molar-refractivity contribution in [3.63, 3.8) is 0 Å². The average molecular weight is 239 g/mol. The fourth-order valence-corrected chi connectivity index (χ4v) is 2.56. The summed E-state index contributed by atoms with van der Waals surface area (Å²) in [6.07, 6.45) is 3.08. The van der Waals surface area contributed by atoms with Crippen LogP contribution in [0.3, 0.4) is 0 Å². The molecule has 0 N–H and O–H groups in total. The summed E-state index contributed by atoms with van der Waals surface area (Å²) in [5.41, 5.74) is 0. The number of ether oxygens (including phenoxy) is 2. The maximum atomic E-state index is 11.6. The molecule has 0 radical (unpaired) electrons. The third-order valence-electron chi connectivity index (χ3n) is 3.41. The third kappa shape index (κ3) is 2.94. The number of hydrogen-bond acceptors (Lipinski definition) is 4. The van der Waals surface area contributed by atoms with E-state index in [0.29, 0.717) is 25.2 Å². The van der Waals surface area contributed by atoms with Gasteiger partial charge in [-0.3, -0.25) is 9.69 Å². The van der Waals surface area contributed by atoms with Crippen molar-refractivity contribution in [2.75, 3.05) is 19.7 Å². The molecule has 2 aliphatic heterocycles. The highest BCUT2D eigenvalue weighted by molar-refractivity contribution is 5.80. The molecule has 96 valence electrons. The van der Waals surface area contributed by atoms with Crippen LogP contribution in [0.25, 0.3) is 0 Å².